The molecule has 11 heteroatoms. The van der Waals surface area contributed by atoms with Crippen molar-refractivity contribution in [3.63, 3.8) is 0 Å². The van der Waals surface area contributed by atoms with Gasteiger partial charge in [-0.3, -0.25) is 14.9 Å². The number of piperazine rings is 1. The molecule has 0 saturated carbocycles. The first kappa shape index (κ1) is 22.8. The van der Waals surface area contributed by atoms with Crippen molar-refractivity contribution in [3.8, 4) is 0 Å². The Morgan fingerprint density at radius 3 is 2.23 bits per heavy atom. The summed E-state index contributed by atoms with van der Waals surface area (Å²) in [5, 5.41) is 5.89. The van der Waals surface area contributed by atoms with E-state index in [4.69, 9.17) is 23.8 Å². The van der Waals surface area contributed by atoms with Crippen LogP contribution in [-0.4, -0.2) is 54.2 Å². The number of carbonyl (C=O) groups is 2. The number of benzene rings is 2. The monoisotopic (exact) mass is 470 g/mol. The first-order chi connectivity index (χ1) is 14.6. The number of nitrogens with zero attached hydrogens (tertiary/aromatic N) is 2. The fourth-order valence-corrected chi connectivity index (χ4v) is 3.61. The molecule has 0 radical (unpaired) electrons. The zero-order chi connectivity index (χ0) is 22.6. The lowest BCUT2D eigenvalue weighted by molar-refractivity contribution is -0.185. The molecule has 6 nitrogen and oxygen atoms in total. The number of hydrogen-bond acceptors (Lipinski definition) is 4. The molecule has 1 aliphatic heterocycles. The molecule has 0 atom stereocenters. The van der Waals surface area contributed by atoms with Crippen molar-refractivity contribution >= 4 is 52.1 Å². The minimum Gasteiger partial charge on any atom is -0.367 e. The topological polar surface area (TPSA) is 64.7 Å². The van der Waals surface area contributed by atoms with Gasteiger partial charge in [0, 0.05) is 37.4 Å². The van der Waals surface area contributed by atoms with E-state index in [9.17, 15) is 22.8 Å². The molecule has 0 unspecified atom stereocenters. The highest BCUT2D eigenvalue weighted by Gasteiger charge is 2.43. The van der Waals surface area contributed by atoms with Crippen LogP contribution in [0.25, 0.3) is 0 Å². The molecule has 1 heterocycles. The molecule has 2 N–H and O–H groups in total. The minimum atomic E-state index is -4.87. The number of rotatable bonds is 3. The van der Waals surface area contributed by atoms with Crippen molar-refractivity contribution in [1.82, 2.24) is 10.2 Å². The van der Waals surface area contributed by atoms with Crippen molar-refractivity contribution in [2.75, 3.05) is 36.4 Å². The summed E-state index contributed by atoms with van der Waals surface area (Å²) in [6.45, 7) is 0.342. The molecule has 2 aromatic rings. The molecule has 0 aliphatic carbocycles. The number of nitrogens with one attached hydrogen (secondary N) is 2. The third-order valence-corrected chi connectivity index (χ3v) is 5.13. The summed E-state index contributed by atoms with van der Waals surface area (Å²) in [5.74, 6) is -2.18. The molecule has 0 spiro atoms. The third kappa shape index (κ3) is 5.86. The van der Waals surface area contributed by atoms with Crippen molar-refractivity contribution in [2.24, 2.45) is 0 Å². The predicted molar refractivity (Wildman–Crippen MR) is 116 cm³/mol. The Hall–Kier alpha value is -2.85. The van der Waals surface area contributed by atoms with E-state index >= 15 is 0 Å². The summed E-state index contributed by atoms with van der Waals surface area (Å²) in [4.78, 5) is 26.1. The van der Waals surface area contributed by atoms with E-state index in [-0.39, 0.29) is 37.2 Å². The van der Waals surface area contributed by atoms with Crippen LogP contribution < -0.4 is 15.5 Å². The minimum absolute atomic E-state index is 0.0513. The van der Waals surface area contributed by atoms with Crippen LogP contribution in [0.5, 0.6) is 0 Å². The van der Waals surface area contributed by atoms with Crippen LogP contribution in [0.1, 0.15) is 10.4 Å². The molecule has 2 amide bonds. The largest absolute Gasteiger partial charge is 0.471 e. The van der Waals surface area contributed by atoms with Gasteiger partial charge in [-0.05, 0) is 42.5 Å². The van der Waals surface area contributed by atoms with Crippen molar-refractivity contribution in [2.45, 2.75) is 6.18 Å². The summed E-state index contributed by atoms with van der Waals surface area (Å²) in [5.41, 5.74) is 1.63. The maximum absolute atomic E-state index is 12.6. The number of alkyl halides is 3. The third-order valence-electron chi connectivity index (χ3n) is 4.62. The Morgan fingerprint density at radius 1 is 1.00 bits per heavy atom. The Balaban J connectivity index is 1.57. The molecular weight excluding hydrogens is 453 g/mol. The number of carbonyl (C=O) groups excluding carboxylic acids is 2. The van der Waals surface area contributed by atoms with E-state index in [1.807, 2.05) is 4.90 Å². The van der Waals surface area contributed by atoms with E-state index in [2.05, 4.69) is 10.6 Å². The van der Waals surface area contributed by atoms with Crippen LogP contribution in [0, 0.1) is 0 Å². The average Bonchev–Trinajstić information content (AvgIpc) is 2.73. The van der Waals surface area contributed by atoms with E-state index in [0.29, 0.717) is 22.0 Å². The maximum Gasteiger partial charge on any atom is 0.471 e. The normalized spacial score (nSPS) is 14.2. The molecule has 1 fully saturated rings. The highest BCUT2D eigenvalue weighted by molar-refractivity contribution is 7.80. The van der Waals surface area contributed by atoms with Gasteiger partial charge < -0.3 is 15.1 Å². The Labute approximate surface area is 187 Å². The van der Waals surface area contributed by atoms with Gasteiger partial charge in [0.05, 0.1) is 10.7 Å². The quantitative estimate of drug-likeness (QED) is 0.670. The van der Waals surface area contributed by atoms with Gasteiger partial charge >= 0.3 is 12.1 Å². The fourth-order valence-electron chi connectivity index (χ4n) is 3.10. The van der Waals surface area contributed by atoms with E-state index in [1.54, 1.807) is 48.5 Å². The van der Waals surface area contributed by atoms with Gasteiger partial charge in [-0.25, -0.2) is 0 Å². The summed E-state index contributed by atoms with van der Waals surface area (Å²) in [6.07, 6.45) is -4.87. The maximum atomic E-state index is 12.6. The van der Waals surface area contributed by atoms with Crippen molar-refractivity contribution in [3.05, 3.63) is 59.1 Å². The van der Waals surface area contributed by atoms with Crippen LogP contribution in [0.15, 0.2) is 48.5 Å². The molecule has 164 valence electrons. The van der Waals surface area contributed by atoms with Gasteiger partial charge in [-0.15, -0.1) is 0 Å². The molecule has 0 aromatic heterocycles. The van der Waals surface area contributed by atoms with Crippen LogP contribution >= 0.6 is 23.8 Å². The second kappa shape index (κ2) is 9.52. The number of anilines is 2. The lowest BCUT2D eigenvalue weighted by atomic mass is 10.2. The zero-order valence-corrected chi connectivity index (χ0v) is 17.7. The van der Waals surface area contributed by atoms with Gasteiger partial charge in [0.25, 0.3) is 5.91 Å². The van der Waals surface area contributed by atoms with Gasteiger partial charge in [0.1, 0.15) is 0 Å². The lowest BCUT2D eigenvalue weighted by Crippen LogP contribution is -2.52. The van der Waals surface area contributed by atoms with Crippen molar-refractivity contribution in [1.29, 1.82) is 0 Å². The highest BCUT2D eigenvalue weighted by Crippen LogP contribution is 2.30. The van der Waals surface area contributed by atoms with E-state index in [1.165, 1.54) is 0 Å². The molecule has 1 saturated heterocycles. The Kier molecular flexibility index (Phi) is 7.01. The fraction of sp³-hybridized carbons (Fsp3) is 0.250. The number of hydrogen-bond donors (Lipinski definition) is 2. The predicted octanol–water partition coefficient (Wildman–Crippen LogP) is 3.68. The van der Waals surface area contributed by atoms with E-state index in [0.717, 1.165) is 4.90 Å². The summed E-state index contributed by atoms with van der Waals surface area (Å²) in [6, 6.07) is 13.6. The average molecular weight is 471 g/mol. The van der Waals surface area contributed by atoms with Crippen LogP contribution in [0.4, 0.5) is 24.5 Å². The first-order valence-electron chi connectivity index (χ1n) is 9.23. The standard InChI is InChI=1S/C20H18ClF3N4O2S/c21-15-12-14(25-19(31)26-17(29)13-4-2-1-3-5-13)6-7-16(15)27-8-10-28(11-9-27)18(30)20(22,23)24/h1-7,12H,8-11H2,(H2,25,26,29,31). The van der Waals surface area contributed by atoms with Gasteiger partial charge in [0.15, 0.2) is 5.11 Å². The molecule has 31 heavy (non-hydrogen) atoms. The van der Waals surface area contributed by atoms with Gasteiger partial charge in [0.2, 0.25) is 0 Å². The number of halogens is 4. The second-order valence-electron chi connectivity index (χ2n) is 6.72. The van der Waals surface area contributed by atoms with Crippen LogP contribution in [0.2, 0.25) is 5.02 Å². The number of amides is 2. The molecule has 3 rings (SSSR count). The Morgan fingerprint density at radius 2 is 1.65 bits per heavy atom. The summed E-state index contributed by atoms with van der Waals surface area (Å²) < 4.78 is 37.7. The Bertz CT molecular complexity index is 980. The molecule has 1 aliphatic rings. The van der Waals surface area contributed by atoms with Crippen LogP contribution in [0.3, 0.4) is 0 Å². The van der Waals surface area contributed by atoms with Crippen molar-refractivity contribution < 1.29 is 22.8 Å². The zero-order valence-electron chi connectivity index (χ0n) is 16.1. The highest BCUT2D eigenvalue weighted by atomic mass is 35.5. The van der Waals surface area contributed by atoms with Crippen LogP contribution in [-0.2, 0) is 4.79 Å². The SMILES string of the molecule is O=C(NC(=S)Nc1ccc(N2CCN(C(=O)C(F)(F)F)CC2)c(Cl)c1)c1ccccc1. The lowest BCUT2D eigenvalue weighted by Gasteiger charge is -2.36. The van der Waals surface area contributed by atoms with E-state index < -0.39 is 12.1 Å². The first-order valence-corrected chi connectivity index (χ1v) is 10.0. The smallest absolute Gasteiger partial charge is 0.367 e. The number of thiocarbonyl (C=S) groups is 1. The molecule has 2 aromatic carbocycles. The second-order valence-corrected chi connectivity index (χ2v) is 7.53. The van der Waals surface area contributed by atoms with Gasteiger partial charge in [-0.1, -0.05) is 29.8 Å². The molecular formula is C20H18ClF3N4O2S. The van der Waals surface area contributed by atoms with Gasteiger partial charge in [-0.2, -0.15) is 13.2 Å². The molecule has 0 bridgehead atoms. The summed E-state index contributed by atoms with van der Waals surface area (Å²) in [7, 11) is 0. The summed E-state index contributed by atoms with van der Waals surface area (Å²) >= 11 is 11.5.